The summed E-state index contributed by atoms with van der Waals surface area (Å²) in [5.74, 6) is 0.754. The smallest absolute Gasteiger partial charge is 0.0901 e. The van der Waals surface area contributed by atoms with Crippen LogP contribution in [0, 0.1) is 5.92 Å². The van der Waals surface area contributed by atoms with Crippen LogP contribution in [0.25, 0.3) is 0 Å². The molecule has 0 aromatic heterocycles. The Labute approximate surface area is 105 Å². The zero-order valence-corrected chi connectivity index (χ0v) is 11.6. The van der Waals surface area contributed by atoms with Crippen molar-refractivity contribution in [3.05, 3.63) is 0 Å². The number of nitrogens with zero attached hydrogens (tertiary/aromatic N) is 2. The van der Waals surface area contributed by atoms with E-state index in [4.69, 9.17) is 18.0 Å². The third-order valence-corrected chi connectivity index (χ3v) is 3.46. The van der Waals surface area contributed by atoms with E-state index in [-0.39, 0.29) is 0 Å². The van der Waals surface area contributed by atoms with Gasteiger partial charge in [-0.05, 0) is 12.3 Å². The quantitative estimate of drug-likeness (QED) is 0.738. The van der Waals surface area contributed by atoms with E-state index in [9.17, 15) is 0 Å². The first kappa shape index (κ1) is 13.9. The molecule has 0 spiro atoms. The molecule has 1 aliphatic heterocycles. The molecule has 0 aromatic rings. The monoisotopic (exact) mass is 243 g/mol. The lowest BCUT2D eigenvalue weighted by molar-refractivity contribution is 0.108. The number of nitrogens with two attached hydrogens (primary N) is 1. The third-order valence-electron chi connectivity index (χ3n) is 3.19. The van der Waals surface area contributed by atoms with Crippen LogP contribution in [0.15, 0.2) is 0 Å². The molecule has 0 amide bonds. The molecule has 2 N–H and O–H groups in total. The molecule has 1 aliphatic rings. The number of hydrogen-bond donors (Lipinski definition) is 1. The minimum absolute atomic E-state index is 0.302. The summed E-state index contributed by atoms with van der Waals surface area (Å²) >= 11 is 5.12. The summed E-state index contributed by atoms with van der Waals surface area (Å²) in [5, 5.41) is 0. The second-order valence-electron chi connectivity index (χ2n) is 5.06. The first-order valence-corrected chi connectivity index (χ1v) is 6.71. The summed E-state index contributed by atoms with van der Waals surface area (Å²) in [6.07, 6.45) is 1.03. The van der Waals surface area contributed by atoms with Gasteiger partial charge in [0.25, 0.3) is 0 Å². The van der Waals surface area contributed by atoms with Crippen LogP contribution in [0.5, 0.6) is 0 Å². The van der Waals surface area contributed by atoms with E-state index >= 15 is 0 Å². The molecule has 0 aliphatic carbocycles. The van der Waals surface area contributed by atoms with Crippen molar-refractivity contribution in [3.8, 4) is 0 Å². The number of thiocarbonyl (C=S) groups is 1. The summed E-state index contributed by atoms with van der Waals surface area (Å²) in [6, 6.07) is 0.302. The molecule has 94 valence electrons. The Hall–Kier alpha value is -0.190. The van der Waals surface area contributed by atoms with Crippen LogP contribution >= 0.6 is 12.2 Å². The zero-order chi connectivity index (χ0) is 12.1. The summed E-state index contributed by atoms with van der Waals surface area (Å²) in [5.41, 5.74) is 5.77. The van der Waals surface area contributed by atoms with Crippen LogP contribution in [-0.2, 0) is 0 Å². The van der Waals surface area contributed by atoms with Crippen molar-refractivity contribution in [3.63, 3.8) is 0 Å². The average Bonchev–Trinajstić information content (AvgIpc) is 2.20. The fourth-order valence-corrected chi connectivity index (χ4v) is 2.73. The predicted octanol–water partition coefficient (Wildman–Crippen LogP) is 1.32. The zero-order valence-electron chi connectivity index (χ0n) is 10.8. The van der Waals surface area contributed by atoms with Gasteiger partial charge in [-0.1, -0.05) is 33.0 Å². The van der Waals surface area contributed by atoms with Crippen molar-refractivity contribution in [2.75, 3.05) is 32.7 Å². The molecule has 1 rings (SSSR count). The van der Waals surface area contributed by atoms with Crippen molar-refractivity contribution in [2.45, 2.75) is 33.2 Å². The molecule has 1 atom stereocenters. The highest BCUT2D eigenvalue weighted by Gasteiger charge is 2.24. The summed E-state index contributed by atoms with van der Waals surface area (Å²) < 4.78 is 0. The van der Waals surface area contributed by atoms with Crippen LogP contribution in [0.3, 0.4) is 0 Å². The molecule has 16 heavy (non-hydrogen) atoms. The van der Waals surface area contributed by atoms with Gasteiger partial charge in [0.15, 0.2) is 0 Å². The Morgan fingerprint density at radius 1 is 1.25 bits per heavy atom. The fraction of sp³-hybridized carbons (Fsp3) is 0.917. The van der Waals surface area contributed by atoms with Crippen molar-refractivity contribution in [1.29, 1.82) is 0 Å². The molecule has 1 fully saturated rings. The first-order valence-electron chi connectivity index (χ1n) is 6.30. The van der Waals surface area contributed by atoms with E-state index in [2.05, 4.69) is 30.6 Å². The van der Waals surface area contributed by atoms with E-state index in [1.807, 2.05) is 0 Å². The fourth-order valence-electron chi connectivity index (χ4n) is 2.41. The van der Waals surface area contributed by atoms with Gasteiger partial charge in [0.2, 0.25) is 0 Å². The molecule has 3 nitrogen and oxygen atoms in total. The van der Waals surface area contributed by atoms with E-state index in [1.165, 1.54) is 6.54 Å². The maximum atomic E-state index is 5.77. The molecular formula is C12H25N3S. The van der Waals surface area contributed by atoms with Crippen molar-refractivity contribution >= 4 is 17.2 Å². The van der Waals surface area contributed by atoms with E-state index < -0.39 is 0 Å². The van der Waals surface area contributed by atoms with Crippen LogP contribution < -0.4 is 5.73 Å². The molecular weight excluding hydrogens is 218 g/mol. The van der Waals surface area contributed by atoms with Crippen LogP contribution in [0.2, 0.25) is 0 Å². The van der Waals surface area contributed by atoms with E-state index in [0.717, 1.165) is 38.5 Å². The van der Waals surface area contributed by atoms with Crippen molar-refractivity contribution in [1.82, 2.24) is 9.80 Å². The van der Waals surface area contributed by atoms with Gasteiger partial charge in [0.1, 0.15) is 0 Å². The Morgan fingerprint density at radius 2 is 1.81 bits per heavy atom. The van der Waals surface area contributed by atoms with Gasteiger partial charge in [-0.15, -0.1) is 0 Å². The van der Waals surface area contributed by atoms with Gasteiger partial charge < -0.3 is 10.6 Å². The van der Waals surface area contributed by atoms with Gasteiger partial charge in [0, 0.05) is 32.7 Å². The molecule has 0 bridgehead atoms. The summed E-state index contributed by atoms with van der Waals surface area (Å²) in [4.78, 5) is 5.62. The molecule has 1 heterocycles. The highest BCUT2D eigenvalue weighted by Crippen LogP contribution is 2.11. The van der Waals surface area contributed by atoms with Gasteiger partial charge in [-0.3, -0.25) is 4.90 Å². The van der Waals surface area contributed by atoms with Crippen molar-refractivity contribution in [2.24, 2.45) is 11.7 Å². The molecule has 1 saturated heterocycles. The lowest BCUT2D eigenvalue weighted by atomic mass is 10.1. The summed E-state index contributed by atoms with van der Waals surface area (Å²) in [6.45, 7) is 12.4. The van der Waals surface area contributed by atoms with Crippen LogP contribution in [-0.4, -0.2) is 53.6 Å². The lowest BCUT2D eigenvalue weighted by Gasteiger charge is -2.39. The number of piperazine rings is 1. The lowest BCUT2D eigenvalue weighted by Crippen LogP contribution is -2.53. The Balaban J connectivity index is 2.38. The second kappa shape index (κ2) is 6.52. The van der Waals surface area contributed by atoms with Gasteiger partial charge in [-0.2, -0.15) is 0 Å². The van der Waals surface area contributed by atoms with Gasteiger partial charge in [0.05, 0.1) is 11.0 Å². The Morgan fingerprint density at radius 3 is 2.19 bits per heavy atom. The minimum Gasteiger partial charge on any atom is -0.392 e. The highest BCUT2D eigenvalue weighted by molar-refractivity contribution is 7.80. The maximum Gasteiger partial charge on any atom is 0.0901 e. The largest absolute Gasteiger partial charge is 0.392 e. The van der Waals surface area contributed by atoms with Gasteiger partial charge in [-0.25, -0.2) is 0 Å². The predicted molar refractivity (Wildman–Crippen MR) is 73.7 cm³/mol. The molecule has 0 radical (unpaired) electrons. The molecule has 4 heteroatoms. The minimum atomic E-state index is 0.302. The topological polar surface area (TPSA) is 32.5 Å². The number of rotatable bonds is 5. The van der Waals surface area contributed by atoms with E-state index in [0.29, 0.717) is 11.0 Å². The van der Waals surface area contributed by atoms with E-state index in [1.54, 1.807) is 0 Å². The standard InChI is InChI=1S/C12H25N3S/c1-4-11(12(13)16)15-7-5-14(6-8-15)9-10(2)3/h10-11H,4-9H2,1-3H3,(H2,13,16). The number of hydrogen-bond acceptors (Lipinski definition) is 3. The second-order valence-corrected chi connectivity index (χ2v) is 5.53. The molecule has 0 aromatic carbocycles. The Bertz CT molecular complexity index is 222. The molecule has 0 saturated carbocycles. The SMILES string of the molecule is CCC(C(N)=S)N1CCN(CC(C)C)CC1. The first-order chi connectivity index (χ1) is 7.54. The third kappa shape index (κ3) is 4.00. The highest BCUT2D eigenvalue weighted by atomic mass is 32.1. The van der Waals surface area contributed by atoms with Crippen molar-refractivity contribution < 1.29 is 0 Å². The molecule has 1 unspecified atom stereocenters. The summed E-state index contributed by atoms with van der Waals surface area (Å²) in [7, 11) is 0. The van der Waals surface area contributed by atoms with Crippen LogP contribution in [0.1, 0.15) is 27.2 Å². The average molecular weight is 243 g/mol. The normalized spacial score (nSPS) is 21.2. The van der Waals surface area contributed by atoms with Gasteiger partial charge >= 0.3 is 0 Å². The van der Waals surface area contributed by atoms with Crippen LogP contribution in [0.4, 0.5) is 0 Å². The maximum absolute atomic E-state index is 5.77. The Kier molecular flexibility index (Phi) is 5.66.